The Hall–Kier alpha value is -1.85. The molecule has 1 fully saturated rings. The first-order valence-electron chi connectivity index (χ1n) is 7.30. The lowest BCUT2D eigenvalue weighted by Crippen LogP contribution is -2.25. The van der Waals surface area contributed by atoms with Crippen molar-refractivity contribution in [1.29, 1.82) is 0 Å². The van der Waals surface area contributed by atoms with E-state index in [0.29, 0.717) is 11.7 Å². The molecule has 1 aliphatic heterocycles. The van der Waals surface area contributed by atoms with E-state index < -0.39 is 0 Å². The van der Waals surface area contributed by atoms with Crippen LogP contribution >= 0.6 is 0 Å². The summed E-state index contributed by atoms with van der Waals surface area (Å²) in [5.74, 6) is 1.33. The first-order chi connectivity index (χ1) is 10.3. The van der Waals surface area contributed by atoms with Gasteiger partial charge >= 0.3 is 0 Å². The Bertz CT molecular complexity index is 552. The fraction of sp³-hybridized carbons (Fsp3) is 0.438. The Morgan fingerprint density at radius 2 is 2.10 bits per heavy atom. The second-order valence-electron chi connectivity index (χ2n) is 5.56. The smallest absolute Gasteiger partial charge is 0.178 e. The first kappa shape index (κ1) is 14.1. The molecule has 2 aromatic heterocycles. The van der Waals surface area contributed by atoms with Crippen molar-refractivity contribution in [1.82, 2.24) is 19.9 Å². The summed E-state index contributed by atoms with van der Waals surface area (Å²) in [6, 6.07) is 5.75. The normalized spacial score (nSPS) is 18.3. The molecule has 0 spiro atoms. The van der Waals surface area contributed by atoms with Crippen LogP contribution in [0.2, 0.25) is 0 Å². The molecule has 0 N–H and O–H groups in total. The lowest BCUT2D eigenvalue weighted by molar-refractivity contribution is 0.173. The topological polar surface area (TPSA) is 51.1 Å². The summed E-state index contributed by atoms with van der Waals surface area (Å²) in [5, 5.41) is 0. The van der Waals surface area contributed by atoms with E-state index in [0.717, 1.165) is 37.6 Å². The standard InChI is InChI=1S/C16H20N4O/c1-20(10-13-5-7-21-12-13)11-14-8-18-16(19-9-14)15-4-2-3-6-17-15/h2-4,6,8-9,13H,5,7,10-12H2,1H3. The van der Waals surface area contributed by atoms with Crippen LogP contribution in [0.3, 0.4) is 0 Å². The van der Waals surface area contributed by atoms with Gasteiger partial charge in [0, 0.05) is 43.9 Å². The first-order valence-corrected chi connectivity index (χ1v) is 7.30. The molecule has 0 amide bonds. The summed E-state index contributed by atoms with van der Waals surface area (Å²) >= 11 is 0. The molecule has 21 heavy (non-hydrogen) atoms. The number of pyridine rings is 1. The molecule has 1 unspecified atom stereocenters. The van der Waals surface area contributed by atoms with Gasteiger partial charge in [0.25, 0.3) is 0 Å². The summed E-state index contributed by atoms with van der Waals surface area (Å²) in [6.45, 7) is 3.71. The molecule has 5 heteroatoms. The van der Waals surface area contributed by atoms with Crippen LogP contribution in [0.15, 0.2) is 36.8 Å². The minimum atomic E-state index is 0.656. The molecule has 0 radical (unpaired) electrons. The monoisotopic (exact) mass is 284 g/mol. The summed E-state index contributed by atoms with van der Waals surface area (Å²) < 4.78 is 5.41. The van der Waals surface area contributed by atoms with Gasteiger partial charge in [-0.1, -0.05) is 6.07 Å². The molecule has 1 aliphatic rings. The van der Waals surface area contributed by atoms with Crippen LogP contribution in [-0.4, -0.2) is 46.7 Å². The van der Waals surface area contributed by atoms with Crippen molar-refractivity contribution < 1.29 is 4.74 Å². The molecule has 110 valence electrons. The largest absolute Gasteiger partial charge is 0.381 e. The van der Waals surface area contributed by atoms with Crippen molar-refractivity contribution in [2.24, 2.45) is 5.92 Å². The van der Waals surface area contributed by atoms with Gasteiger partial charge in [0.1, 0.15) is 5.69 Å². The van der Waals surface area contributed by atoms with Crippen LogP contribution < -0.4 is 0 Å². The summed E-state index contributed by atoms with van der Waals surface area (Å²) in [5.41, 5.74) is 1.93. The number of ether oxygens (including phenoxy) is 1. The Labute approximate surface area is 125 Å². The molecule has 0 aromatic carbocycles. The minimum absolute atomic E-state index is 0.656. The zero-order chi connectivity index (χ0) is 14.5. The van der Waals surface area contributed by atoms with Crippen molar-refractivity contribution in [3.8, 4) is 11.5 Å². The van der Waals surface area contributed by atoms with Crippen LogP contribution in [0.5, 0.6) is 0 Å². The summed E-state index contributed by atoms with van der Waals surface area (Å²) in [6.07, 6.45) is 6.70. The van der Waals surface area contributed by atoms with Gasteiger partial charge in [-0.3, -0.25) is 4.98 Å². The number of aromatic nitrogens is 3. The van der Waals surface area contributed by atoms with Crippen LogP contribution in [-0.2, 0) is 11.3 Å². The second-order valence-corrected chi connectivity index (χ2v) is 5.56. The average molecular weight is 284 g/mol. The Kier molecular flexibility index (Phi) is 4.52. The second kappa shape index (κ2) is 6.74. The maximum atomic E-state index is 5.41. The fourth-order valence-corrected chi connectivity index (χ4v) is 2.61. The zero-order valence-corrected chi connectivity index (χ0v) is 12.3. The molecule has 0 saturated carbocycles. The van der Waals surface area contributed by atoms with Gasteiger partial charge in [0.05, 0.1) is 6.61 Å². The van der Waals surface area contributed by atoms with Gasteiger partial charge in [-0.25, -0.2) is 9.97 Å². The highest BCUT2D eigenvalue weighted by atomic mass is 16.5. The summed E-state index contributed by atoms with van der Waals surface area (Å²) in [4.78, 5) is 15.4. The highest BCUT2D eigenvalue weighted by Crippen LogP contribution is 2.15. The average Bonchev–Trinajstić information content (AvgIpc) is 3.02. The highest BCUT2D eigenvalue weighted by molar-refractivity contribution is 5.47. The van der Waals surface area contributed by atoms with E-state index in [1.807, 2.05) is 30.6 Å². The van der Waals surface area contributed by atoms with E-state index in [1.54, 1.807) is 6.20 Å². The summed E-state index contributed by atoms with van der Waals surface area (Å²) in [7, 11) is 2.13. The molecule has 3 heterocycles. The number of hydrogen-bond acceptors (Lipinski definition) is 5. The van der Waals surface area contributed by atoms with E-state index in [1.165, 1.54) is 6.42 Å². The number of rotatable bonds is 5. The highest BCUT2D eigenvalue weighted by Gasteiger charge is 2.17. The maximum absolute atomic E-state index is 5.41. The molecular formula is C16H20N4O. The van der Waals surface area contributed by atoms with Crippen LogP contribution in [0.4, 0.5) is 0 Å². The third-order valence-electron chi connectivity index (χ3n) is 3.65. The van der Waals surface area contributed by atoms with E-state index in [-0.39, 0.29) is 0 Å². The van der Waals surface area contributed by atoms with Crippen molar-refractivity contribution in [3.05, 3.63) is 42.4 Å². The van der Waals surface area contributed by atoms with Gasteiger partial charge in [-0.05, 0) is 31.5 Å². The molecule has 2 aromatic rings. The Morgan fingerprint density at radius 3 is 2.76 bits per heavy atom. The lowest BCUT2D eigenvalue weighted by atomic mass is 10.1. The van der Waals surface area contributed by atoms with Gasteiger partial charge < -0.3 is 9.64 Å². The van der Waals surface area contributed by atoms with Crippen LogP contribution in [0, 0.1) is 5.92 Å². The van der Waals surface area contributed by atoms with Crippen molar-refractivity contribution in [3.63, 3.8) is 0 Å². The Morgan fingerprint density at radius 1 is 1.24 bits per heavy atom. The predicted octanol–water partition coefficient (Wildman–Crippen LogP) is 2.01. The molecule has 1 atom stereocenters. The number of nitrogens with zero attached hydrogens (tertiary/aromatic N) is 4. The molecule has 5 nitrogen and oxygen atoms in total. The SMILES string of the molecule is CN(Cc1cnc(-c2ccccn2)nc1)CC1CCOC1. The molecule has 0 bridgehead atoms. The van der Waals surface area contributed by atoms with Gasteiger partial charge in [-0.15, -0.1) is 0 Å². The van der Waals surface area contributed by atoms with Gasteiger partial charge in [0.15, 0.2) is 5.82 Å². The predicted molar refractivity (Wildman–Crippen MR) is 80.5 cm³/mol. The quantitative estimate of drug-likeness (QED) is 0.840. The van der Waals surface area contributed by atoms with Gasteiger partial charge in [0.2, 0.25) is 0 Å². The van der Waals surface area contributed by atoms with Crippen molar-refractivity contribution in [2.45, 2.75) is 13.0 Å². The van der Waals surface area contributed by atoms with Crippen LogP contribution in [0.1, 0.15) is 12.0 Å². The minimum Gasteiger partial charge on any atom is -0.381 e. The maximum Gasteiger partial charge on any atom is 0.178 e. The Balaban J connectivity index is 1.59. The third-order valence-corrected chi connectivity index (χ3v) is 3.65. The fourth-order valence-electron chi connectivity index (χ4n) is 2.61. The molecule has 0 aliphatic carbocycles. The molecular weight excluding hydrogens is 264 g/mol. The lowest BCUT2D eigenvalue weighted by Gasteiger charge is -2.19. The third kappa shape index (κ3) is 3.83. The van der Waals surface area contributed by atoms with Crippen LogP contribution in [0.25, 0.3) is 11.5 Å². The van der Waals surface area contributed by atoms with E-state index >= 15 is 0 Å². The van der Waals surface area contributed by atoms with E-state index in [2.05, 4.69) is 26.9 Å². The van der Waals surface area contributed by atoms with E-state index in [9.17, 15) is 0 Å². The molecule has 3 rings (SSSR count). The molecule has 1 saturated heterocycles. The zero-order valence-electron chi connectivity index (χ0n) is 12.3. The van der Waals surface area contributed by atoms with E-state index in [4.69, 9.17) is 4.74 Å². The number of hydrogen-bond donors (Lipinski definition) is 0. The van der Waals surface area contributed by atoms with Gasteiger partial charge in [-0.2, -0.15) is 0 Å². The van der Waals surface area contributed by atoms with Crippen molar-refractivity contribution >= 4 is 0 Å². The van der Waals surface area contributed by atoms with Crippen molar-refractivity contribution in [2.75, 3.05) is 26.8 Å².